The van der Waals surface area contributed by atoms with Gasteiger partial charge in [0.25, 0.3) is 10.0 Å². The zero-order chi connectivity index (χ0) is 23.5. The van der Waals surface area contributed by atoms with Crippen molar-refractivity contribution in [3.8, 4) is 0 Å². The Hall–Kier alpha value is -2.64. The molecule has 3 aromatic carbocycles. The predicted molar refractivity (Wildman–Crippen MR) is 132 cm³/mol. The number of hydrogen-bond donors (Lipinski definition) is 1. The topological polar surface area (TPSA) is 66.5 Å². The third-order valence-corrected chi connectivity index (χ3v) is 7.72. The van der Waals surface area contributed by atoms with Gasteiger partial charge in [0.1, 0.15) is 6.54 Å². The number of nitrogens with one attached hydrogen (secondary N) is 1. The van der Waals surface area contributed by atoms with Crippen LogP contribution in [0.1, 0.15) is 35.2 Å². The zero-order valence-electron chi connectivity index (χ0n) is 18.6. The first-order valence-electron chi connectivity index (χ1n) is 10.3. The standard InChI is InChI=1S/C25H27BrN2O3S/c1-17-13-19(3)24(14-18(17)2)20(4)27-25(29)16-28(22-10-8-9-21(26)15-22)32(30,31)23-11-6-5-7-12-23/h5-15,20H,16H2,1-4H3,(H,27,29)/t20-/m0/s1. The molecule has 1 N–H and O–H groups in total. The van der Waals surface area contributed by atoms with E-state index in [1.807, 2.05) is 26.8 Å². The summed E-state index contributed by atoms with van der Waals surface area (Å²) in [5, 5.41) is 2.97. The fourth-order valence-electron chi connectivity index (χ4n) is 3.61. The normalized spacial score (nSPS) is 12.3. The second kappa shape index (κ2) is 9.88. The highest BCUT2D eigenvalue weighted by Gasteiger charge is 2.28. The van der Waals surface area contributed by atoms with E-state index in [1.54, 1.807) is 36.4 Å². The van der Waals surface area contributed by atoms with E-state index in [9.17, 15) is 13.2 Å². The number of aryl methyl sites for hydroxylation is 3. The molecule has 3 rings (SSSR count). The maximum atomic E-state index is 13.4. The number of carbonyl (C=O) groups excluding carboxylic acids is 1. The van der Waals surface area contributed by atoms with Gasteiger partial charge >= 0.3 is 0 Å². The lowest BCUT2D eigenvalue weighted by molar-refractivity contribution is -0.120. The fourth-order valence-corrected chi connectivity index (χ4v) is 5.43. The van der Waals surface area contributed by atoms with Gasteiger partial charge in [-0.15, -0.1) is 0 Å². The van der Waals surface area contributed by atoms with Crippen molar-refractivity contribution in [2.75, 3.05) is 10.8 Å². The van der Waals surface area contributed by atoms with E-state index in [2.05, 4.69) is 40.3 Å². The molecular formula is C25H27BrN2O3S. The van der Waals surface area contributed by atoms with Crippen LogP contribution in [0, 0.1) is 20.8 Å². The van der Waals surface area contributed by atoms with Gasteiger partial charge in [-0.2, -0.15) is 0 Å². The van der Waals surface area contributed by atoms with Crippen molar-refractivity contribution in [2.24, 2.45) is 0 Å². The minimum absolute atomic E-state index is 0.130. The Kier molecular flexibility index (Phi) is 7.41. The van der Waals surface area contributed by atoms with Crippen molar-refractivity contribution in [2.45, 2.75) is 38.6 Å². The summed E-state index contributed by atoms with van der Waals surface area (Å²) >= 11 is 3.39. The Morgan fingerprint density at radius 1 is 0.938 bits per heavy atom. The minimum atomic E-state index is -3.94. The minimum Gasteiger partial charge on any atom is -0.348 e. The average Bonchev–Trinajstić information content (AvgIpc) is 2.75. The van der Waals surface area contributed by atoms with E-state index >= 15 is 0 Å². The summed E-state index contributed by atoms with van der Waals surface area (Å²) in [7, 11) is -3.94. The SMILES string of the molecule is Cc1cc(C)c([C@H](C)NC(=O)CN(c2cccc(Br)c2)S(=O)(=O)c2ccccc2)cc1C. The molecule has 0 radical (unpaired) electrons. The zero-order valence-corrected chi connectivity index (χ0v) is 21.0. The van der Waals surface area contributed by atoms with E-state index < -0.39 is 10.0 Å². The fraction of sp³-hybridized carbons (Fsp3) is 0.240. The highest BCUT2D eigenvalue weighted by molar-refractivity contribution is 9.10. The lowest BCUT2D eigenvalue weighted by Gasteiger charge is -2.26. The molecule has 0 spiro atoms. The Labute approximate surface area is 198 Å². The van der Waals surface area contributed by atoms with Crippen molar-refractivity contribution in [3.63, 3.8) is 0 Å². The van der Waals surface area contributed by atoms with Gasteiger partial charge in [0.2, 0.25) is 5.91 Å². The van der Waals surface area contributed by atoms with E-state index in [1.165, 1.54) is 17.7 Å². The molecule has 0 heterocycles. The molecule has 5 nitrogen and oxygen atoms in total. The molecule has 1 amide bonds. The maximum Gasteiger partial charge on any atom is 0.264 e. The molecule has 0 unspecified atom stereocenters. The first-order valence-corrected chi connectivity index (χ1v) is 12.5. The van der Waals surface area contributed by atoms with Crippen molar-refractivity contribution >= 4 is 37.5 Å². The molecule has 3 aromatic rings. The number of rotatable bonds is 7. The second-order valence-electron chi connectivity index (χ2n) is 7.89. The van der Waals surface area contributed by atoms with Crippen LogP contribution in [0.4, 0.5) is 5.69 Å². The number of anilines is 1. The lowest BCUT2D eigenvalue weighted by atomic mass is 9.96. The van der Waals surface area contributed by atoms with Crippen LogP contribution in [0.5, 0.6) is 0 Å². The van der Waals surface area contributed by atoms with E-state index in [0.717, 1.165) is 25.5 Å². The van der Waals surface area contributed by atoms with E-state index in [-0.39, 0.29) is 23.4 Å². The number of carbonyl (C=O) groups is 1. The molecule has 0 aliphatic heterocycles. The molecule has 0 saturated heterocycles. The Bertz CT molecular complexity index is 1230. The third-order valence-electron chi connectivity index (χ3n) is 5.44. The number of amides is 1. The Balaban J connectivity index is 1.90. The van der Waals surface area contributed by atoms with Gasteiger partial charge in [0.05, 0.1) is 16.6 Å². The number of hydrogen-bond acceptors (Lipinski definition) is 3. The van der Waals surface area contributed by atoms with Crippen molar-refractivity contribution in [1.82, 2.24) is 5.32 Å². The van der Waals surface area contributed by atoms with Crippen molar-refractivity contribution < 1.29 is 13.2 Å². The molecule has 7 heteroatoms. The predicted octanol–water partition coefficient (Wildman–Crippen LogP) is 5.45. The first kappa shape index (κ1) is 24.0. The molecular weight excluding hydrogens is 488 g/mol. The smallest absolute Gasteiger partial charge is 0.264 e. The number of halogens is 1. The van der Waals surface area contributed by atoms with Crippen LogP contribution in [0.25, 0.3) is 0 Å². The number of sulfonamides is 1. The third kappa shape index (κ3) is 5.40. The summed E-state index contributed by atoms with van der Waals surface area (Å²) in [5.74, 6) is -0.380. The van der Waals surface area contributed by atoms with Crippen molar-refractivity contribution in [3.05, 3.63) is 93.5 Å². The van der Waals surface area contributed by atoms with Gasteiger partial charge < -0.3 is 5.32 Å². The number of nitrogens with zero attached hydrogens (tertiary/aromatic N) is 1. The summed E-state index contributed by atoms with van der Waals surface area (Å²) in [5.41, 5.74) is 4.85. The molecule has 0 fully saturated rings. The van der Waals surface area contributed by atoms with E-state index in [0.29, 0.717) is 5.69 Å². The van der Waals surface area contributed by atoms with Gasteiger partial charge in [-0.25, -0.2) is 8.42 Å². The molecule has 0 saturated carbocycles. The summed E-state index contributed by atoms with van der Waals surface area (Å²) in [6, 6.07) is 19.0. The lowest BCUT2D eigenvalue weighted by Crippen LogP contribution is -2.41. The first-order chi connectivity index (χ1) is 15.1. The van der Waals surface area contributed by atoms with Crippen LogP contribution in [0.3, 0.4) is 0 Å². The summed E-state index contributed by atoms with van der Waals surface area (Å²) in [6.45, 7) is 7.68. The van der Waals surface area contributed by atoms with Crippen LogP contribution < -0.4 is 9.62 Å². The molecule has 0 bridgehead atoms. The summed E-state index contributed by atoms with van der Waals surface area (Å²) in [4.78, 5) is 13.1. The van der Waals surface area contributed by atoms with Gasteiger partial charge in [0.15, 0.2) is 0 Å². The van der Waals surface area contributed by atoms with Crippen LogP contribution >= 0.6 is 15.9 Å². The average molecular weight is 515 g/mol. The summed E-state index contributed by atoms with van der Waals surface area (Å²) < 4.78 is 28.7. The summed E-state index contributed by atoms with van der Waals surface area (Å²) in [6.07, 6.45) is 0. The van der Waals surface area contributed by atoms with E-state index in [4.69, 9.17) is 0 Å². The van der Waals surface area contributed by atoms with Crippen LogP contribution in [-0.4, -0.2) is 20.9 Å². The van der Waals surface area contributed by atoms with Crippen molar-refractivity contribution in [1.29, 1.82) is 0 Å². The Morgan fingerprint density at radius 3 is 2.25 bits per heavy atom. The van der Waals surface area contributed by atoms with Gasteiger partial charge in [-0.3, -0.25) is 9.10 Å². The van der Waals surface area contributed by atoms with Crippen LogP contribution in [0.15, 0.2) is 76.1 Å². The van der Waals surface area contributed by atoms with Crippen LogP contribution in [-0.2, 0) is 14.8 Å². The highest BCUT2D eigenvalue weighted by atomic mass is 79.9. The Morgan fingerprint density at radius 2 is 1.59 bits per heavy atom. The van der Waals surface area contributed by atoms with Crippen LogP contribution in [0.2, 0.25) is 0 Å². The molecule has 0 aromatic heterocycles. The molecule has 32 heavy (non-hydrogen) atoms. The molecule has 1 atom stereocenters. The molecule has 168 valence electrons. The quantitative estimate of drug-likeness (QED) is 0.455. The van der Waals surface area contributed by atoms with Gasteiger partial charge in [-0.1, -0.05) is 52.3 Å². The molecule has 0 aliphatic carbocycles. The maximum absolute atomic E-state index is 13.4. The van der Waals surface area contributed by atoms with Gasteiger partial charge in [0, 0.05) is 4.47 Å². The largest absolute Gasteiger partial charge is 0.348 e. The van der Waals surface area contributed by atoms with Gasteiger partial charge in [-0.05, 0) is 80.3 Å². The molecule has 0 aliphatic rings. The monoisotopic (exact) mass is 514 g/mol. The highest BCUT2D eigenvalue weighted by Crippen LogP contribution is 2.27. The second-order valence-corrected chi connectivity index (χ2v) is 10.7. The number of benzene rings is 3.